The average Bonchev–Trinajstić information content (AvgIpc) is 3.20. The number of benzene rings is 3. The second-order valence-electron chi connectivity index (χ2n) is 8.48. The highest BCUT2D eigenvalue weighted by atomic mass is 16.2. The van der Waals surface area contributed by atoms with Gasteiger partial charge < -0.3 is 21.4 Å². The van der Waals surface area contributed by atoms with Crippen molar-refractivity contribution in [2.24, 2.45) is 11.5 Å². The molecule has 1 amide bonds. The molecule has 0 radical (unpaired) electrons. The predicted octanol–water partition coefficient (Wildman–Crippen LogP) is 3.86. The third-order valence-corrected chi connectivity index (χ3v) is 5.82. The van der Waals surface area contributed by atoms with Crippen LogP contribution in [0.25, 0.3) is 22.2 Å². The topological polar surface area (TPSA) is 99.0 Å². The van der Waals surface area contributed by atoms with E-state index in [4.69, 9.17) is 16.5 Å². The Labute approximate surface area is 194 Å². The maximum absolute atomic E-state index is 13.1. The standard InChI is InChI=1S/C27H31N5O/c1-19-9-11-21(12-10-19)22-13-14-25-24(16-22)31-26(27(33)30-17-23(29)8-5-15-28)32(25)18-20-6-3-2-4-7-20/h2-4,6-7,9-14,16,23H,5,8,15,17-18,28-29H2,1H3,(H,30,33)/t23-/m0/s1. The largest absolute Gasteiger partial charge is 0.348 e. The van der Waals surface area contributed by atoms with Gasteiger partial charge in [0.25, 0.3) is 5.91 Å². The highest BCUT2D eigenvalue weighted by Gasteiger charge is 2.19. The third-order valence-electron chi connectivity index (χ3n) is 5.82. The lowest BCUT2D eigenvalue weighted by molar-refractivity contribution is 0.0937. The van der Waals surface area contributed by atoms with Crippen molar-refractivity contribution < 1.29 is 4.79 Å². The van der Waals surface area contributed by atoms with Crippen LogP contribution in [0.15, 0.2) is 72.8 Å². The summed E-state index contributed by atoms with van der Waals surface area (Å²) in [5, 5.41) is 2.96. The first-order valence-corrected chi connectivity index (χ1v) is 11.4. The summed E-state index contributed by atoms with van der Waals surface area (Å²) >= 11 is 0. The van der Waals surface area contributed by atoms with Gasteiger partial charge in [-0.15, -0.1) is 0 Å². The molecule has 6 heteroatoms. The van der Waals surface area contributed by atoms with E-state index in [1.165, 1.54) is 5.56 Å². The molecule has 170 valence electrons. The minimum atomic E-state index is -0.220. The summed E-state index contributed by atoms with van der Waals surface area (Å²) in [6.07, 6.45) is 1.61. The molecule has 1 atom stereocenters. The number of amides is 1. The molecular weight excluding hydrogens is 410 g/mol. The molecule has 0 saturated carbocycles. The summed E-state index contributed by atoms with van der Waals surface area (Å²) in [7, 11) is 0. The van der Waals surface area contributed by atoms with E-state index in [9.17, 15) is 4.79 Å². The molecule has 0 aliphatic carbocycles. The van der Waals surface area contributed by atoms with E-state index in [0.717, 1.165) is 40.6 Å². The smallest absolute Gasteiger partial charge is 0.287 e. The van der Waals surface area contributed by atoms with E-state index in [2.05, 4.69) is 54.7 Å². The molecule has 33 heavy (non-hydrogen) atoms. The Bertz CT molecular complexity index is 1210. The second-order valence-corrected chi connectivity index (χ2v) is 8.48. The van der Waals surface area contributed by atoms with Crippen molar-refractivity contribution in [3.8, 4) is 11.1 Å². The molecule has 0 spiro atoms. The van der Waals surface area contributed by atoms with Gasteiger partial charge in [-0.3, -0.25) is 4.79 Å². The van der Waals surface area contributed by atoms with Crippen LogP contribution in [0.3, 0.4) is 0 Å². The van der Waals surface area contributed by atoms with Gasteiger partial charge in [0.05, 0.1) is 11.0 Å². The molecule has 0 aliphatic rings. The monoisotopic (exact) mass is 441 g/mol. The number of rotatable bonds is 9. The van der Waals surface area contributed by atoms with E-state index in [0.29, 0.717) is 25.5 Å². The molecule has 0 aliphatic heterocycles. The molecule has 0 unspecified atom stereocenters. The van der Waals surface area contributed by atoms with E-state index >= 15 is 0 Å². The van der Waals surface area contributed by atoms with E-state index in [-0.39, 0.29) is 11.9 Å². The van der Waals surface area contributed by atoms with Crippen LogP contribution in [0.2, 0.25) is 0 Å². The van der Waals surface area contributed by atoms with E-state index < -0.39 is 0 Å². The fourth-order valence-electron chi connectivity index (χ4n) is 3.94. The van der Waals surface area contributed by atoms with Crippen molar-refractivity contribution in [1.29, 1.82) is 0 Å². The van der Waals surface area contributed by atoms with Gasteiger partial charge in [-0.05, 0) is 55.1 Å². The molecule has 4 rings (SSSR count). The minimum Gasteiger partial charge on any atom is -0.348 e. The Balaban J connectivity index is 1.67. The number of hydrogen-bond donors (Lipinski definition) is 3. The molecule has 5 N–H and O–H groups in total. The number of nitrogens with two attached hydrogens (primary N) is 2. The number of nitrogens with zero attached hydrogens (tertiary/aromatic N) is 2. The first kappa shape index (κ1) is 22.7. The van der Waals surface area contributed by atoms with Crippen molar-refractivity contribution in [2.75, 3.05) is 13.1 Å². The first-order valence-electron chi connectivity index (χ1n) is 11.4. The summed E-state index contributed by atoms with van der Waals surface area (Å²) in [5.41, 5.74) is 17.9. The van der Waals surface area contributed by atoms with Crippen LogP contribution in [-0.2, 0) is 6.54 Å². The quantitative estimate of drug-likeness (QED) is 0.367. The van der Waals surface area contributed by atoms with Gasteiger partial charge in [-0.1, -0.05) is 66.2 Å². The van der Waals surface area contributed by atoms with Gasteiger partial charge in [-0.25, -0.2) is 4.98 Å². The van der Waals surface area contributed by atoms with E-state index in [1.807, 2.05) is 34.9 Å². The van der Waals surface area contributed by atoms with Crippen molar-refractivity contribution in [3.63, 3.8) is 0 Å². The number of carbonyl (C=O) groups is 1. The van der Waals surface area contributed by atoms with Crippen LogP contribution < -0.4 is 16.8 Å². The van der Waals surface area contributed by atoms with Gasteiger partial charge in [0, 0.05) is 19.1 Å². The van der Waals surface area contributed by atoms with Crippen molar-refractivity contribution in [1.82, 2.24) is 14.9 Å². The van der Waals surface area contributed by atoms with E-state index in [1.54, 1.807) is 0 Å². The molecule has 1 aromatic heterocycles. The average molecular weight is 442 g/mol. The first-order chi connectivity index (χ1) is 16.0. The normalized spacial score (nSPS) is 12.1. The second kappa shape index (κ2) is 10.4. The number of imidazole rings is 1. The fourth-order valence-corrected chi connectivity index (χ4v) is 3.94. The zero-order valence-corrected chi connectivity index (χ0v) is 19.0. The number of hydrogen-bond acceptors (Lipinski definition) is 4. The molecule has 0 saturated heterocycles. The summed E-state index contributed by atoms with van der Waals surface area (Å²) in [4.78, 5) is 17.9. The molecule has 0 bridgehead atoms. The molecule has 1 heterocycles. The molecule has 6 nitrogen and oxygen atoms in total. The summed E-state index contributed by atoms with van der Waals surface area (Å²) in [6, 6.07) is 24.5. The predicted molar refractivity (Wildman–Crippen MR) is 134 cm³/mol. The zero-order valence-electron chi connectivity index (χ0n) is 19.0. The number of carbonyl (C=O) groups excluding carboxylic acids is 1. The lowest BCUT2D eigenvalue weighted by Crippen LogP contribution is -2.38. The lowest BCUT2D eigenvalue weighted by Gasteiger charge is -2.13. The molecule has 0 fully saturated rings. The Kier molecular flexibility index (Phi) is 7.17. The number of fused-ring (bicyclic) bond motifs is 1. The summed E-state index contributed by atoms with van der Waals surface area (Å²) < 4.78 is 1.98. The van der Waals surface area contributed by atoms with Crippen LogP contribution in [0, 0.1) is 6.92 Å². The molecular formula is C27H31N5O. The molecule has 3 aromatic carbocycles. The highest BCUT2D eigenvalue weighted by Crippen LogP contribution is 2.26. The van der Waals surface area contributed by atoms with Crippen LogP contribution >= 0.6 is 0 Å². The SMILES string of the molecule is Cc1ccc(-c2ccc3c(c2)nc(C(=O)NC[C@@H](N)CCCN)n3Cc2ccccc2)cc1. The van der Waals surface area contributed by atoms with Gasteiger partial charge in [0.1, 0.15) is 0 Å². The van der Waals surface area contributed by atoms with Gasteiger partial charge in [0.2, 0.25) is 0 Å². The van der Waals surface area contributed by atoms with Crippen LogP contribution in [-0.4, -0.2) is 34.6 Å². The Morgan fingerprint density at radius 3 is 2.48 bits per heavy atom. The highest BCUT2D eigenvalue weighted by molar-refractivity contribution is 5.95. The van der Waals surface area contributed by atoms with Crippen molar-refractivity contribution in [2.45, 2.75) is 32.4 Å². The maximum atomic E-state index is 13.1. The summed E-state index contributed by atoms with van der Waals surface area (Å²) in [5.74, 6) is 0.170. The Morgan fingerprint density at radius 1 is 1.03 bits per heavy atom. The van der Waals surface area contributed by atoms with Crippen molar-refractivity contribution >= 4 is 16.9 Å². The van der Waals surface area contributed by atoms with Crippen LogP contribution in [0.1, 0.15) is 34.6 Å². The zero-order chi connectivity index (χ0) is 23.2. The van der Waals surface area contributed by atoms with Crippen molar-refractivity contribution in [3.05, 3.63) is 89.7 Å². The Hall–Kier alpha value is -3.48. The van der Waals surface area contributed by atoms with Gasteiger partial charge in [-0.2, -0.15) is 0 Å². The number of aromatic nitrogens is 2. The maximum Gasteiger partial charge on any atom is 0.287 e. The lowest BCUT2D eigenvalue weighted by atomic mass is 10.0. The third kappa shape index (κ3) is 5.48. The molecule has 4 aromatic rings. The summed E-state index contributed by atoms with van der Waals surface area (Å²) in [6.45, 7) is 3.62. The van der Waals surface area contributed by atoms with Crippen LogP contribution in [0.4, 0.5) is 0 Å². The van der Waals surface area contributed by atoms with Gasteiger partial charge in [0.15, 0.2) is 5.82 Å². The Morgan fingerprint density at radius 2 is 1.76 bits per heavy atom. The fraction of sp³-hybridized carbons (Fsp3) is 0.259. The number of aryl methyl sites for hydroxylation is 1. The minimum absolute atomic E-state index is 0.127. The van der Waals surface area contributed by atoms with Crippen LogP contribution in [0.5, 0.6) is 0 Å². The van der Waals surface area contributed by atoms with Gasteiger partial charge >= 0.3 is 0 Å². The number of nitrogens with one attached hydrogen (secondary N) is 1.